The molecule has 8 heteroatoms. The molecule has 2 aromatic rings. The second kappa shape index (κ2) is 4.42. The van der Waals surface area contributed by atoms with Crippen LogP contribution in [-0.2, 0) is 4.74 Å². The van der Waals surface area contributed by atoms with E-state index in [2.05, 4.69) is 9.97 Å². The van der Waals surface area contributed by atoms with Crippen molar-refractivity contribution in [3.63, 3.8) is 0 Å². The highest BCUT2D eigenvalue weighted by atomic mass is 16.6. The maximum atomic E-state index is 9.98. The summed E-state index contributed by atoms with van der Waals surface area (Å²) in [6.07, 6.45) is -0.952. The molecule has 1 fully saturated rings. The highest BCUT2D eigenvalue weighted by Gasteiger charge is 2.43. The zero-order chi connectivity index (χ0) is 13.6. The first-order chi connectivity index (χ1) is 9.13. The number of pyridine rings is 1. The van der Waals surface area contributed by atoms with Crippen LogP contribution in [0.5, 0.6) is 0 Å². The van der Waals surface area contributed by atoms with Gasteiger partial charge in [-0.1, -0.05) is 0 Å². The summed E-state index contributed by atoms with van der Waals surface area (Å²) < 4.78 is 7.01. The van der Waals surface area contributed by atoms with E-state index in [1.54, 1.807) is 10.6 Å². The van der Waals surface area contributed by atoms with Crippen molar-refractivity contribution in [1.82, 2.24) is 14.5 Å². The highest BCUT2D eigenvalue weighted by Crippen LogP contribution is 2.32. The summed E-state index contributed by atoms with van der Waals surface area (Å²) in [6.45, 7) is -0.370. The van der Waals surface area contributed by atoms with Gasteiger partial charge in [0.1, 0.15) is 23.8 Å². The molecule has 0 aromatic carbocycles. The molecule has 1 unspecified atom stereocenters. The van der Waals surface area contributed by atoms with Crippen LogP contribution < -0.4 is 5.73 Å². The van der Waals surface area contributed by atoms with E-state index in [1.165, 1.54) is 12.5 Å². The number of aliphatic hydroxyl groups is 3. The summed E-state index contributed by atoms with van der Waals surface area (Å²) in [7, 11) is 0. The lowest BCUT2D eigenvalue weighted by Crippen LogP contribution is -2.33. The molecular formula is C11H14N4O4. The van der Waals surface area contributed by atoms with Crippen molar-refractivity contribution in [2.24, 2.45) is 0 Å². The fourth-order valence-electron chi connectivity index (χ4n) is 2.29. The number of hydrogen-bond acceptors (Lipinski definition) is 7. The Labute approximate surface area is 108 Å². The molecule has 102 valence electrons. The normalized spacial score (nSPS) is 31.1. The fraction of sp³-hybridized carbons (Fsp3) is 0.455. The van der Waals surface area contributed by atoms with Crippen molar-refractivity contribution < 1.29 is 20.1 Å². The maximum Gasteiger partial charge on any atom is 0.164 e. The lowest BCUT2D eigenvalue weighted by Gasteiger charge is -2.16. The van der Waals surface area contributed by atoms with Gasteiger partial charge in [-0.2, -0.15) is 0 Å². The second-order valence-corrected chi connectivity index (χ2v) is 4.44. The van der Waals surface area contributed by atoms with E-state index in [0.29, 0.717) is 11.0 Å². The molecule has 0 amide bonds. The van der Waals surface area contributed by atoms with E-state index in [9.17, 15) is 10.2 Å². The summed E-state index contributed by atoms with van der Waals surface area (Å²) >= 11 is 0. The number of aliphatic hydroxyl groups excluding tert-OH is 3. The van der Waals surface area contributed by atoms with Crippen LogP contribution in [0.2, 0.25) is 0 Å². The number of nitrogens with two attached hydrogens (primary N) is 1. The van der Waals surface area contributed by atoms with Gasteiger partial charge in [-0.15, -0.1) is 0 Å². The zero-order valence-corrected chi connectivity index (χ0v) is 9.92. The summed E-state index contributed by atoms with van der Waals surface area (Å²) in [5.74, 6) is 0.281. The molecule has 0 saturated carbocycles. The molecule has 0 aliphatic carbocycles. The van der Waals surface area contributed by atoms with Gasteiger partial charge < -0.3 is 30.4 Å². The van der Waals surface area contributed by atoms with E-state index in [4.69, 9.17) is 15.6 Å². The van der Waals surface area contributed by atoms with Crippen molar-refractivity contribution in [2.45, 2.75) is 24.5 Å². The molecule has 0 radical (unpaired) electrons. The zero-order valence-electron chi connectivity index (χ0n) is 9.92. The van der Waals surface area contributed by atoms with E-state index < -0.39 is 24.5 Å². The number of nitrogens with zero attached hydrogens (tertiary/aromatic N) is 3. The molecule has 3 rings (SSSR count). The largest absolute Gasteiger partial charge is 0.394 e. The third-order valence-corrected chi connectivity index (χ3v) is 3.31. The molecule has 2 aromatic heterocycles. The number of imidazole rings is 1. The first-order valence-corrected chi connectivity index (χ1v) is 5.83. The predicted molar refractivity (Wildman–Crippen MR) is 64.9 cm³/mol. The third-order valence-electron chi connectivity index (χ3n) is 3.31. The summed E-state index contributed by atoms with van der Waals surface area (Å²) in [4.78, 5) is 8.03. The van der Waals surface area contributed by atoms with Crippen LogP contribution in [0.25, 0.3) is 11.0 Å². The number of aromatic nitrogens is 3. The quantitative estimate of drug-likeness (QED) is 0.528. The van der Waals surface area contributed by atoms with E-state index in [-0.39, 0.29) is 12.4 Å². The van der Waals surface area contributed by atoms with Gasteiger partial charge in [-0.3, -0.25) is 0 Å². The average Bonchev–Trinajstić information content (AvgIpc) is 2.94. The molecule has 0 bridgehead atoms. The Balaban J connectivity index is 2.04. The van der Waals surface area contributed by atoms with Crippen molar-refractivity contribution in [3.05, 3.63) is 18.6 Å². The van der Waals surface area contributed by atoms with E-state index in [0.717, 1.165) is 0 Å². The monoisotopic (exact) mass is 266 g/mol. The molecule has 1 saturated heterocycles. The van der Waals surface area contributed by atoms with Crippen LogP contribution in [0.3, 0.4) is 0 Å². The number of ether oxygens (including phenoxy) is 1. The van der Waals surface area contributed by atoms with Crippen LogP contribution in [0, 0.1) is 0 Å². The summed E-state index contributed by atoms with van der Waals surface area (Å²) in [6, 6.07) is 1.69. The van der Waals surface area contributed by atoms with Gasteiger partial charge in [0.05, 0.1) is 18.5 Å². The van der Waals surface area contributed by atoms with Crippen LogP contribution in [-0.4, -0.2) is 54.8 Å². The molecule has 0 spiro atoms. The third kappa shape index (κ3) is 1.77. The maximum absolute atomic E-state index is 9.98. The van der Waals surface area contributed by atoms with Gasteiger partial charge in [0.15, 0.2) is 12.0 Å². The van der Waals surface area contributed by atoms with E-state index in [1.807, 2.05) is 0 Å². The van der Waals surface area contributed by atoms with Crippen LogP contribution in [0.1, 0.15) is 6.23 Å². The standard InChI is InChI=1S/C11H14N4O4/c12-10-7-5(1-2-13-10)15(4-14-7)11-9(18)8(17)6(3-16)19-11/h1-2,4,6,8-9,11,16-18H,3H2,(H2,12,13)/t6?,8-,9-,11-/m1/s1. The lowest BCUT2D eigenvalue weighted by atomic mass is 10.1. The Kier molecular flexibility index (Phi) is 2.86. The van der Waals surface area contributed by atoms with Crippen LogP contribution in [0.4, 0.5) is 5.82 Å². The SMILES string of the molecule is Nc1nccc2c1ncn2[C@@H]1OC(CO)[C@@H](O)[C@H]1O. The summed E-state index contributed by atoms with van der Waals surface area (Å²) in [5, 5.41) is 28.8. The second-order valence-electron chi connectivity index (χ2n) is 4.44. The lowest BCUT2D eigenvalue weighted by molar-refractivity contribution is -0.0508. The molecule has 8 nitrogen and oxygen atoms in total. The number of anilines is 1. The minimum absolute atomic E-state index is 0.281. The minimum atomic E-state index is -1.15. The molecule has 5 N–H and O–H groups in total. The Bertz CT molecular complexity index is 601. The Morgan fingerprint density at radius 1 is 1.32 bits per heavy atom. The van der Waals surface area contributed by atoms with Gasteiger partial charge in [0.2, 0.25) is 0 Å². The van der Waals surface area contributed by atoms with Crippen LogP contribution >= 0.6 is 0 Å². The molecule has 1 aliphatic rings. The first-order valence-electron chi connectivity index (χ1n) is 5.83. The molecule has 1 aliphatic heterocycles. The topological polar surface area (TPSA) is 127 Å². The number of rotatable bonds is 2. The van der Waals surface area contributed by atoms with Crippen molar-refractivity contribution in [1.29, 1.82) is 0 Å². The number of fused-ring (bicyclic) bond motifs is 1. The Hall–Kier alpha value is -1.74. The summed E-state index contributed by atoms with van der Waals surface area (Å²) in [5.41, 5.74) is 6.85. The Morgan fingerprint density at radius 2 is 2.11 bits per heavy atom. The number of nitrogen functional groups attached to an aromatic ring is 1. The van der Waals surface area contributed by atoms with Gasteiger partial charge in [-0.05, 0) is 6.07 Å². The van der Waals surface area contributed by atoms with Gasteiger partial charge in [0, 0.05) is 6.20 Å². The molecule has 19 heavy (non-hydrogen) atoms. The smallest absolute Gasteiger partial charge is 0.164 e. The number of hydrogen-bond donors (Lipinski definition) is 4. The van der Waals surface area contributed by atoms with Crippen molar-refractivity contribution in [3.8, 4) is 0 Å². The van der Waals surface area contributed by atoms with Gasteiger partial charge in [0.25, 0.3) is 0 Å². The minimum Gasteiger partial charge on any atom is -0.394 e. The molecule has 3 heterocycles. The van der Waals surface area contributed by atoms with Gasteiger partial charge >= 0.3 is 0 Å². The van der Waals surface area contributed by atoms with E-state index >= 15 is 0 Å². The Morgan fingerprint density at radius 3 is 2.79 bits per heavy atom. The molecular weight excluding hydrogens is 252 g/mol. The van der Waals surface area contributed by atoms with Crippen molar-refractivity contribution >= 4 is 16.9 Å². The highest BCUT2D eigenvalue weighted by molar-refractivity contribution is 5.84. The van der Waals surface area contributed by atoms with Crippen LogP contribution in [0.15, 0.2) is 18.6 Å². The first kappa shape index (κ1) is 12.3. The average molecular weight is 266 g/mol. The van der Waals surface area contributed by atoms with Gasteiger partial charge in [-0.25, -0.2) is 9.97 Å². The molecule has 4 atom stereocenters. The van der Waals surface area contributed by atoms with Crippen molar-refractivity contribution in [2.75, 3.05) is 12.3 Å². The fourth-order valence-corrected chi connectivity index (χ4v) is 2.29. The predicted octanol–water partition coefficient (Wildman–Crippen LogP) is -1.38.